The summed E-state index contributed by atoms with van der Waals surface area (Å²) in [5.41, 5.74) is 2.55. The van der Waals surface area contributed by atoms with Crippen LogP contribution in [0.4, 0.5) is 11.5 Å². The quantitative estimate of drug-likeness (QED) is 0.643. The van der Waals surface area contributed by atoms with Gasteiger partial charge in [0.05, 0.1) is 23.6 Å². The van der Waals surface area contributed by atoms with Crippen LogP contribution in [0.1, 0.15) is 26.5 Å². The summed E-state index contributed by atoms with van der Waals surface area (Å²) in [6.45, 7) is 9.70. The van der Waals surface area contributed by atoms with Crippen molar-refractivity contribution in [2.75, 3.05) is 42.9 Å². The standard InChI is InChI=1S/C25H31N5O2/c1-25(2,3)22-17-23(30(27-22)19-9-5-4-6-10-19)26-24(32)18-28-13-15-29(16-14-28)20-11-7-8-12-21(20)31/h4-12,17,31H,13-16,18H2,1-3H3,(H,26,32). The van der Waals surface area contributed by atoms with Gasteiger partial charge in [-0.3, -0.25) is 9.69 Å². The van der Waals surface area contributed by atoms with Crippen LogP contribution in [-0.4, -0.2) is 58.4 Å². The fourth-order valence-corrected chi connectivity index (χ4v) is 3.87. The molecule has 1 aromatic heterocycles. The van der Waals surface area contributed by atoms with E-state index in [9.17, 15) is 9.90 Å². The zero-order valence-electron chi connectivity index (χ0n) is 19.0. The van der Waals surface area contributed by atoms with Gasteiger partial charge < -0.3 is 15.3 Å². The Hall–Kier alpha value is -3.32. The van der Waals surface area contributed by atoms with Gasteiger partial charge in [-0.1, -0.05) is 51.1 Å². The smallest absolute Gasteiger partial charge is 0.239 e. The highest BCUT2D eigenvalue weighted by Crippen LogP contribution is 2.28. The summed E-state index contributed by atoms with van der Waals surface area (Å²) in [4.78, 5) is 17.2. The van der Waals surface area contributed by atoms with Gasteiger partial charge in [0.15, 0.2) is 0 Å². The second kappa shape index (κ2) is 9.04. The Balaban J connectivity index is 1.41. The Bertz CT molecular complexity index is 1060. The molecule has 0 spiro atoms. The number of hydrogen-bond donors (Lipinski definition) is 2. The number of amides is 1. The highest BCUT2D eigenvalue weighted by Gasteiger charge is 2.24. The Morgan fingerprint density at radius 2 is 1.66 bits per heavy atom. The molecule has 1 saturated heterocycles. The molecule has 168 valence electrons. The summed E-state index contributed by atoms with van der Waals surface area (Å²) >= 11 is 0. The van der Waals surface area contributed by atoms with E-state index in [0.29, 0.717) is 18.1 Å². The number of piperazine rings is 1. The molecule has 0 unspecified atom stereocenters. The predicted molar refractivity (Wildman–Crippen MR) is 128 cm³/mol. The average molecular weight is 434 g/mol. The van der Waals surface area contributed by atoms with Gasteiger partial charge in [0.25, 0.3) is 0 Å². The van der Waals surface area contributed by atoms with Crippen LogP contribution >= 0.6 is 0 Å². The van der Waals surface area contributed by atoms with E-state index in [-0.39, 0.29) is 11.3 Å². The Morgan fingerprint density at radius 3 is 2.31 bits per heavy atom. The van der Waals surface area contributed by atoms with Crippen LogP contribution in [0.2, 0.25) is 0 Å². The first-order chi connectivity index (χ1) is 15.3. The van der Waals surface area contributed by atoms with E-state index in [1.54, 1.807) is 10.7 Å². The van der Waals surface area contributed by atoms with Gasteiger partial charge in [0.1, 0.15) is 11.6 Å². The molecule has 2 heterocycles. The van der Waals surface area contributed by atoms with Crippen molar-refractivity contribution >= 4 is 17.4 Å². The van der Waals surface area contributed by atoms with E-state index in [0.717, 1.165) is 43.2 Å². The fraction of sp³-hybridized carbons (Fsp3) is 0.360. The van der Waals surface area contributed by atoms with E-state index in [2.05, 4.69) is 35.9 Å². The number of carbonyl (C=O) groups excluding carboxylic acids is 1. The van der Waals surface area contributed by atoms with E-state index in [1.807, 2.05) is 54.6 Å². The lowest BCUT2D eigenvalue weighted by Gasteiger charge is -2.35. The third-order valence-corrected chi connectivity index (χ3v) is 5.71. The number of carbonyl (C=O) groups is 1. The molecule has 1 aliphatic heterocycles. The molecule has 32 heavy (non-hydrogen) atoms. The SMILES string of the molecule is CC(C)(C)c1cc(NC(=O)CN2CCN(c3ccccc3O)CC2)n(-c2ccccc2)n1. The molecule has 1 amide bonds. The van der Waals surface area contributed by atoms with Crippen molar-refractivity contribution in [3.8, 4) is 11.4 Å². The highest BCUT2D eigenvalue weighted by atomic mass is 16.3. The minimum Gasteiger partial charge on any atom is -0.506 e. The summed E-state index contributed by atoms with van der Waals surface area (Å²) < 4.78 is 1.80. The number of hydrogen-bond acceptors (Lipinski definition) is 5. The largest absolute Gasteiger partial charge is 0.506 e. The second-order valence-electron chi connectivity index (χ2n) is 9.21. The Morgan fingerprint density at radius 1 is 1.00 bits per heavy atom. The number of nitrogens with zero attached hydrogens (tertiary/aromatic N) is 4. The zero-order valence-corrected chi connectivity index (χ0v) is 19.0. The normalized spacial score (nSPS) is 15.0. The van der Waals surface area contributed by atoms with Gasteiger partial charge >= 0.3 is 0 Å². The molecule has 0 bridgehead atoms. The molecule has 3 aromatic rings. The van der Waals surface area contributed by atoms with Gasteiger partial charge in [0, 0.05) is 37.7 Å². The fourth-order valence-electron chi connectivity index (χ4n) is 3.87. The minimum atomic E-state index is -0.126. The lowest BCUT2D eigenvalue weighted by atomic mass is 9.92. The van der Waals surface area contributed by atoms with Gasteiger partial charge in [0.2, 0.25) is 5.91 Å². The van der Waals surface area contributed by atoms with E-state index in [1.165, 1.54) is 0 Å². The number of aromatic hydroxyl groups is 1. The van der Waals surface area contributed by atoms with Crippen LogP contribution in [0, 0.1) is 0 Å². The van der Waals surface area contributed by atoms with Gasteiger partial charge in [-0.25, -0.2) is 4.68 Å². The van der Waals surface area contributed by atoms with Crippen molar-refractivity contribution in [3.05, 3.63) is 66.4 Å². The van der Waals surface area contributed by atoms with E-state index < -0.39 is 0 Å². The van der Waals surface area contributed by atoms with Gasteiger partial charge in [-0.15, -0.1) is 0 Å². The Labute approximate surface area is 189 Å². The first-order valence-corrected chi connectivity index (χ1v) is 11.0. The maximum atomic E-state index is 12.9. The van der Waals surface area contributed by atoms with Gasteiger partial charge in [-0.05, 0) is 24.3 Å². The van der Waals surface area contributed by atoms with Crippen molar-refractivity contribution in [2.24, 2.45) is 0 Å². The summed E-state index contributed by atoms with van der Waals surface area (Å²) in [5.74, 6) is 0.917. The molecule has 0 aliphatic carbocycles. The monoisotopic (exact) mass is 433 g/mol. The van der Waals surface area contributed by atoms with Crippen molar-refractivity contribution in [1.29, 1.82) is 0 Å². The summed E-state index contributed by atoms with van der Waals surface area (Å²) in [5, 5.41) is 17.9. The molecule has 0 radical (unpaired) electrons. The topological polar surface area (TPSA) is 73.6 Å². The maximum Gasteiger partial charge on any atom is 0.239 e. The van der Waals surface area contributed by atoms with Crippen LogP contribution in [0.3, 0.4) is 0 Å². The molecular weight excluding hydrogens is 402 g/mol. The summed E-state index contributed by atoms with van der Waals surface area (Å²) in [6.07, 6.45) is 0. The minimum absolute atomic E-state index is 0.0569. The molecule has 7 heteroatoms. The lowest BCUT2D eigenvalue weighted by molar-refractivity contribution is -0.117. The molecule has 4 rings (SSSR count). The molecular formula is C25H31N5O2. The number of anilines is 2. The van der Waals surface area contributed by atoms with Crippen LogP contribution in [0.5, 0.6) is 5.75 Å². The summed E-state index contributed by atoms with van der Waals surface area (Å²) in [6, 6.07) is 19.2. The summed E-state index contributed by atoms with van der Waals surface area (Å²) in [7, 11) is 0. The Kier molecular flexibility index (Phi) is 6.19. The number of para-hydroxylation sites is 3. The molecule has 1 aliphatic rings. The molecule has 0 saturated carbocycles. The molecule has 0 atom stereocenters. The first kappa shape index (κ1) is 21.9. The number of nitrogens with one attached hydrogen (secondary N) is 1. The van der Waals surface area contributed by atoms with Crippen molar-refractivity contribution in [1.82, 2.24) is 14.7 Å². The van der Waals surface area contributed by atoms with Gasteiger partial charge in [-0.2, -0.15) is 5.10 Å². The zero-order chi connectivity index (χ0) is 22.7. The maximum absolute atomic E-state index is 12.9. The first-order valence-electron chi connectivity index (χ1n) is 11.0. The molecule has 2 aromatic carbocycles. The molecule has 7 nitrogen and oxygen atoms in total. The number of benzene rings is 2. The predicted octanol–water partition coefficient (Wildman–Crippen LogP) is 3.64. The lowest BCUT2D eigenvalue weighted by Crippen LogP contribution is -2.48. The van der Waals surface area contributed by atoms with Crippen LogP contribution in [0.15, 0.2) is 60.7 Å². The highest BCUT2D eigenvalue weighted by molar-refractivity contribution is 5.91. The number of phenols is 1. The number of aromatic nitrogens is 2. The van der Waals surface area contributed by atoms with E-state index in [4.69, 9.17) is 5.10 Å². The number of phenolic OH excluding ortho intramolecular Hbond substituents is 1. The second-order valence-corrected chi connectivity index (χ2v) is 9.21. The third-order valence-electron chi connectivity index (χ3n) is 5.71. The van der Waals surface area contributed by atoms with Crippen molar-refractivity contribution < 1.29 is 9.90 Å². The molecule has 2 N–H and O–H groups in total. The van der Waals surface area contributed by atoms with E-state index >= 15 is 0 Å². The average Bonchev–Trinajstić information content (AvgIpc) is 3.19. The number of rotatable bonds is 5. The van der Waals surface area contributed by atoms with Crippen molar-refractivity contribution in [2.45, 2.75) is 26.2 Å². The van der Waals surface area contributed by atoms with Crippen molar-refractivity contribution in [3.63, 3.8) is 0 Å². The van der Waals surface area contributed by atoms with Crippen LogP contribution < -0.4 is 10.2 Å². The van der Waals surface area contributed by atoms with Crippen LogP contribution in [0.25, 0.3) is 5.69 Å². The van der Waals surface area contributed by atoms with Crippen LogP contribution in [-0.2, 0) is 10.2 Å². The molecule has 1 fully saturated rings. The third kappa shape index (κ3) is 4.94.